The number of halogens is 2. The molecule has 1 atom stereocenters. The second-order valence-corrected chi connectivity index (χ2v) is 10.9. The van der Waals surface area contributed by atoms with E-state index in [1.807, 2.05) is 53.7 Å². The monoisotopic (exact) mass is 543 g/mol. The number of carbonyl (C=O) groups is 1. The van der Waals surface area contributed by atoms with Crippen molar-refractivity contribution in [2.45, 2.75) is 71.5 Å². The Kier molecular flexibility index (Phi) is 10.5. The van der Waals surface area contributed by atoms with Gasteiger partial charge in [-0.25, -0.2) is 4.79 Å². The van der Waals surface area contributed by atoms with Crippen molar-refractivity contribution in [2.75, 3.05) is 18.0 Å². The van der Waals surface area contributed by atoms with Gasteiger partial charge in [0.2, 0.25) is 0 Å². The molecule has 0 aliphatic heterocycles. The molecule has 2 aromatic rings. The summed E-state index contributed by atoms with van der Waals surface area (Å²) in [7, 11) is -4.21. The van der Waals surface area contributed by atoms with Crippen molar-refractivity contribution in [1.29, 1.82) is 0 Å². The summed E-state index contributed by atoms with van der Waals surface area (Å²) in [5, 5.41) is 3.28. The summed E-state index contributed by atoms with van der Waals surface area (Å²) in [6.07, 6.45) is 0.737. The highest BCUT2D eigenvalue weighted by Gasteiger charge is 2.25. The van der Waals surface area contributed by atoms with Crippen molar-refractivity contribution < 1.29 is 17.4 Å². The lowest BCUT2D eigenvalue weighted by Gasteiger charge is -2.30. The van der Waals surface area contributed by atoms with Crippen LogP contribution in [0.2, 0.25) is 10.0 Å². The molecule has 194 valence electrons. The molecule has 0 bridgehead atoms. The van der Waals surface area contributed by atoms with E-state index in [4.69, 9.17) is 27.4 Å². The molecule has 2 rings (SSSR count). The van der Waals surface area contributed by atoms with Crippen molar-refractivity contribution in [3.63, 3.8) is 0 Å². The number of benzene rings is 2. The first kappa shape index (κ1) is 29.1. The van der Waals surface area contributed by atoms with Crippen molar-refractivity contribution >= 4 is 45.0 Å². The zero-order valence-corrected chi connectivity index (χ0v) is 23.5. The van der Waals surface area contributed by atoms with Gasteiger partial charge in [0.05, 0.1) is 16.6 Å². The molecule has 1 N–H and O–H groups in total. The van der Waals surface area contributed by atoms with E-state index in [1.165, 1.54) is 18.2 Å². The molecule has 0 radical (unpaired) electrons. The average molecular weight is 545 g/mol. The fraction of sp³-hybridized carbons (Fsp3) is 0.480. The first-order chi connectivity index (χ1) is 16.4. The molecule has 1 unspecified atom stereocenters. The van der Waals surface area contributed by atoms with Gasteiger partial charge in [-0.15, -0.1) is 0 Å². The van der Waals surface area contributed by atoms with Crippen LogP contribution in [-0.2, 0) is 16.7 Å². The largest absolute Gasteiger partial charge is 0.379 e. The van der Waals surface area contributed by atoms with Gasteiger partial charge in [0.15, 0.2) is 0 Å². The van der Waals surface area contributed by atoms with Crippen molar-refractivity contribution in [1.82, 2.24) is 10.2 Å². The molecule has 0 spiro atoms. The second-order valence-electron chi connectivity index (χ2n) is 8.57. The van der Waals surface area contributed by atoms with E-state index in [-0.39, 0.29) is 45.3 Å². The van der Waals surface area contributed by atoms with Gasteiger partial charge in [-0.1, -0.05) is 36.2 Å². The van der Waals surface area contributed by atoms with E-state index in [2.05, 4.69) is 10.2 Å². The maximum atomic E-state index is 13.2. The molecule has 2 amide bonds. The van der Waals surface area contributed by atoms with Crippen LogP contribution in [0.15, 0.2) is 41.3 Å². The Labute approximate surface area is 219 Å². The Morgan fingerprint density at radius 3 is 2.20 bits per heavy atom. The molecule has 10 heteroatoms. The Morgan fingerprint density at radius 1 is 1.00 bits per heavy atom. The number of urea groups is 1. The molecule has 0 aromatic heterocycles. The predicted molar refractivity (Wildman–Crippen MR) is 143 cm³/mol. The molecule has 0 fully saturated rings. The molecule has 35 heavy (non-hydrogen) atoms. The summed E-state index contributed by atoms with van der Waals surface area (Å²) >= 11 is 12.0. The third-order valence-corrected chi connectivity index (χ3v) is 7.66. The molecule has 0 saturated heterocycles. The van der Waals surface area contributed by atoms with Crippen molar-refractivity contribution in [3.05, 3.63) is 52.0 Å². The van der Waals surface area contributed by atoms with Crippen LogP contribution in [0.3, 0.4) is 0 Å². The SMILES string of the molecule is CCC(C)N(Cc1ccc(N(CC)CC)cc1OS(=O)(=O)c1ccc(Cl)c(Cl)c1)C(=O)NC(C)C. The maximum Gasteiger partial charge on any atom is 0.339 e. The molecular weight excluding hydrogens is 509 g/mol. The molecular formula is C25H35Cl2N3O4S. The van der Waals surface area contributed by atoms with Crippen LogP contribution in [0.25, 0.3) is 0 Å². The standard InChI is InChI=1S/C25H35Cl2N3O4S/c1-7-18(6)30(25(31)28-17(4)5)16-19-10-11-20(29(8-2)9-3)14-24(19)34-35(32,33)21-12-13-22(26)23(27)15-21/h10-15,17-18H,7-9,16H2,1-6H3,(H,28,31). The molecule has 2 aromatic carbocycles. The first-order valence-corrected chi connectivity index (χ1v) is 13.9. The lowest BCUT2D eigenvalue weighted by molar-refractivity contribution is 0.170. The van der Waals surface area contributed by atoms with Crippen LogP contribution >= 0.6 is 23.2 Å². The fourth-order valence-corrected chi connectivity index (χ4v) is 4.84. The number of anilines is 1. The summed E-state index contributed by atoms with van der Waals surface area (Å²) in [4.78, 5) is 16.6. The summed E-state index contributed by atoms with van der Waals surface area (Å²) in [6.45, 7) is 13.4. The molecule has 0 heterocycles. The summed E-state index contributed by atoms with van der Waals surface area (Å²) < 4.78 is 32.0. The minimum atomic E-state index is -4.21. The minimum absolute atomic E-state index is 0.0372. The maximum absolute atomic E-state index is 13.2. The van der Waals surface area contributed by atoms with Gasteiger partial charge in [-0.3, -0.25) is 0 Å². The van der Waals surface area contributed by atoms with Gasteiger partial charge in [0, 0.05) is 42.5 Å². The topological polar surface area (TPSA) is 79.0 Å². The quantitative estimate of drug-likeness (QED) is 0.335. The number of hydrogen-bond acceptors (Lipinski definition) is 5. The predicted octanol–water partition coefficient (Wildman–Crippen LogP) is 6.33. The molecule has 0 aliphatic rings. The van der Waals surface area contributed by atoms with E-state index in [0.29, 0.717) is 5.56 Å². The van der Waals surface area contributed by atoms with Crippen molar-refractivity contribution in [3.8, 4) is 5.75 Å². The van der Waals surface area contributed by atoms with E-state index < -0.39 is 10.1 Å². The number of hydrogen-bond donors (Lipinski definition) is 1. The Balaban J connectivity index is 2.54. The van der Waals surface area contributed by atoms with Crippen molar-refractivity contribution in [2.24, 2.45) is 0 Å². The Bertz CT molecular complexity index is 1120. The average Bonchev–Trinajstić information content (AvgIpc) is 2.79. The van der Waals surface area contributed by atoms with Gasteiger partial charge in [-0.05, 0) is 65.3 Å². The Morgan fingerprint density at radius 2 is 1.66 bits per heavy atom. The lowest BCUT2D eigenvalue weighted by atomic mass is 10.1. The highest BCUT2D eigenvalue weighted by atomic mass is 35.5. The zero-order chi connectivity index (χ0) is 26.3. The van der Waals surface area contributed by atoms with Gasteiger partial charge in [-0.2, -0.15) is 8.42 Å². The van der Waals surface area contributed by atoms with Gasteiger partial charge < -0.3 is 19.3 Å². The zero-order valence-electron chi connectivity index (χ0n) is 21.1. The normalized spacial score (nSPS) is 12.4. The number of rotatable bonds is 11. The van der Waals surface area contributed by atoms with Gasteiger partial charge in [0.1, 0.15) is 10.6 Å². The molecule has 7 nitrogen and oxygen atoms in total. The highest BCUT2D eigenvalue weighted by molar-refractivity contribution is 7.87. The summed E-state index contributed by atoms with van der Waals surface area (Å²) in [5.74, 6) is 0.158. The van der Waals surface area contributed by atoms with E-state index in [9.17, 15) is 13.2 Å². The van der Waals surface area contributed by atoms with Gasteiger partial charge >= 0.3 is 16.1 Å². The minimum Gasteiger partial charge on any atom is -0.379 e. The van der Waals surface area contributed by atoms with Crippen LogP contribution in [-0.4, -0.2) is 44.5 Å². The van der Waals surface area contributed by atoms with Crippen LogP contribution in [0, 0.1) is 0 Å². The van der Waals surface area contributed by atoms with Crippen LogP contribution < -0.4 is 14.4 Å². The number of nitrogens with zero attached hydrogens (tertiary/aromatic N) is 2. The fourth-order valence-electron chi connectivity index (χ4n) is 3.50. The van der Waals surface area contributed by atoms with E-state index in [1.54, 1.807) is 11.0 Å². The number of nitrogens with one attached hydrogen (secondary N) is 1. The second kappa shape index (κ2) is 12.7. The summed E-state index contributed by atoms with van der Waals surface area (Å²) in [6, 6.07) is 9.11. The molecule has 0 aliphatic carbocycles. The number of carbonyl (C=O) groups excluding carboxylic acids is 1. The first-order valence-electron chi connectivity index (χ1n) is 11.8. The van der Waals surface area contributed by atoms with E-state index >= 15 is 0 Å². The molecule has 0 saturated carbocycles. The van der Waals surface area contributed by atoms with Crippen LogP contribution in [0.4, 0.5) is 10.5 Å². The third-order valence-electron chi connectivity index (χ3n) is 5.70. The Hall–Kier alpha value is -2.16. The van der Waals surface area contributed by atoms with Crippen LogP contribution in [0.5, 0.6) is 5.75 Å². The van der Waals surface area contributed by atoms with Crippen LogP contribution in [0.1, 0.15) is 53.5 Å². The smallest absolute Gasteiger partial charge is 0.339 e. The highest BCUT2D eigenvalue weighted by Crippen LogP contribution is 2.32. The summed E-state index contributed by atoms with van der Waals surface area (Å²) in [5.41, 5.74) is 1.39. The number of amides is 2. The third kappa shape index (κ3) is 7.66. The van der Waals surface area contributed by atoms with Gasteiger partial charge in [0.25, 0.3) is 0 Å². The van der Waals surface area contributed by atoms with E-state index in [0.717, 1.165) is 25.2 Å². The lowest BCUT2D eigenvalue weighted by Crippen LogP contribution is -2.46.